The number of amides is 1. The molecule has 4 nitrogen and oxygen atoms in total. The summed E-state index contributed by atoms with van der Waals surface area (Å²) >= 11 is 4.22. The second kappa shape index (κ2) is 4.18. The van der Waals surface area contributed by atoms with E-state index in [0.717, 1.165) is 11.4 Å². The molecule has 0 radical (unpaired) electrons. The molecule has 0 spiro atoms. The van der Waals surface area contributed by atoms with E-state index in [4.69, 9.17) is 0 Å². The van der Waals surface area contributed by atoms with Crippen LogP contribution in [-0.2, 0) is 4.79 Å². The summed E-state index contributed by atoms with van der Waals surface area (Å²) in [4.78, 5) is 21.8. The van der Waals surface area contributed by atoms with Crippen molar-refractivity contribution in [2.24, 2.45) is 5.92 Å². The number of carbonyl (C=O) groups is 1. The van der Waals surface area contributed by atoms with Crippen LogP contribution in [0, 0.1) is 12.8 Å². The smallest absolute Gasteiger partial charge is 0.228 e. The molecule has 1 saturated heterocycles. The Morgan fingerprint density at radius 1 is 1.53 bits per heavy atom. The van der Waals surface area contributed by atoms with Gasteiger partial charge in [0, 0.05) is 25.4 Å². The molecule has 5 heteroatoms. The molecule has 0 aliphatic carbocycles. The van der Waals surface area contributed by atoms with Gasteiger partial charge in [0.1, 0.15) is 0 Å². The highest BCUT2D eigenvalue weighted by Gasteiger charge is 2.31. The Bertz CT molecular complexity index is 383. The lowest BCUT2D eigenvalue weighted by Gasteiger charge is -2.16. The first-order valence-corrected chi connectivity index (χ1v) is 5.54. The molecule has 1 unspecified atom stereocenters. The number of carbonyl (C=O) groups excluding carboxylic acids is 1. The van der Waals surface area contributed by atoms with Crippen LogP contribution in [-0.4, -0.2) is 28.2 Å². The summed E-state index contributed by atoms with van der Waals surface area (Å²) in [5, 5.41) is 0. The van der Waals surface area contributed by atoms with Crippen molar-refractivity contribution >= 4 is 24.4 Å². The lowest BCUT2D eigenvalue weighted by atomic mass is 10.1. The highest BCUT2D eigenvalue weighted by atomic mass is 32.1. The van der Waals surface area contributed by atoms with Gasteiger partial charge in [-0.3, -0.25) is 14.7 Å². The average molecular weight is 223 g/mol. The molecular weight excluding hydrogens is 210 g/mol. The molecule has 1 aliphatic heterocycles. The van der Waals surface area contributed by atoms with Gasteiger partial charge in [-0.15, -0.1) is 0 Å². The normalized spacial score (nSPS) is 21.1. The maximum absolute atomic E-state index is 11.7. The van der Waals surface area contributed by atoms with Crippen molar-refractivity contribution in [2.75, 3.05) is 17.2 Å². The van der Waals surface area contributed by atoms with Crippen molar-refractivity contribution in [3.8, 4) is 0 Å². The summed E-state index contributed by atoms with van der Waals surface area (Å²) in [6.45, 7) is 2.57. The molecule has 1 atom stereocenters. The Balaban J connectivity index is 2.25. The van der Waals surface area contributed by atoms with Crippen LogP contribution in [0.4, 0.5) is 5.82 Å². The highest BCUT2D eigenvalue weighted by molar-refractivity contribution is 7.80. The van der Waals surface area contributed by atoms with Gasteiger partial charge >= 0.3 is 0 Å². The van der Waals surface area contributed by atoms with Crippen molar-refractivity contribution < 1.29 is 4.79 Å². The SMILES string of the molecule is Cc1nccnc1N1CC(CS)CC1=O. The van der Waals surface area contributed by atoms with Gasteiger partial charge in [0.2, 0.25) is 5.91 Å². The molecule has 2 rings (SSSR count). The molecule has 80 valence electrons. The topological polar surface area (TPSA) is 46.1 Å². The summed E-state index contributed by atoms with van der Waals surface area (Å²) in [5.41, 5.74) is 0.797. The predicted molar refractivity (Wildman–Crippen MR) is 61.1 cm³/mol. The van der Waals surface area contributed by atoms with E-state index in [1.165, 1.54) is 0 Å². The molecule has 1 amide bonds. The summed E-state index contributed by atoms with van der Waals surface area (Å²) < 4.78 is 0. The Kier molecular flexibility index (Phi) is 2.90. The van der Waals surface area contributed by atoms with Crippen LogP contribution in [0.15, 0.2) is 12.4 Å². The maximum atomic E-state index is 11.7. The van der Waals surface area contributed by atoms with E-state index in [0.29, 0.717) is 24.7 Å². The monoisotopic (exact) mass is 223 g/mol. The predicted octanol–water partition coefficient (Wildman–Crippen LogP) is 1.07. The molecule has 1 fully saturated rings. The van der Waals surface area contributed by atoms with Gasteiger partial charge in [0.25, 0.3) is 0 Å². The summed E-state index contributed by atoms with van der Waals surface area (Å²) in [6.07, 6.45) is 3.82. The molecule has 1 aromatic rings. The second-order valence-electron chi connectivity index (χ2n) is 3.72. The van der Waals surface area contributed by atoms with Crippen LogP contribution in [0.1, 0.15) is 12.1 Å². The number of nitrogens with zero attached hydrogens (tertiary/aromatic N) is 3. The number of aromatic nitrogens is 2. The number of anilines is 1. The first-order chi connectivity index (χ1) is 7.22. The molecular formula is C10H13N3OS. The van der Waals surface area contributed by atoms with Gasteiger partial charge in [-0.25, -0.2) is 4.98 Å². The Morgan fingerprint density at radius 2 is 2.27 bits per heavy atom. The largest absolute Gasteiger partial charge is 0.295 e. The molecule has 1 aromatic heterocycles. The third-order valence-corrected chi connectivity index (χ3v) is 3.09. The number of hydrogen-bond donors (Lipinski definition) is 1. The van der Waals surface area contributed by atoms with E-state index in [1.54, 1.807) is 17.3 Å². The molecule has 0 bridgehead atoms. The number of aryl methyl sites for hydroxylation is 1. The van der Waals surface area contributed by atoms with Crippen LogP contribution in [0.5, 0.6) is 0 Å². The van der Waals surface area contributed by atoms with Gasteiger partial charge in [-0.05, 0) is 18.6 Å². The summed E-state index contributed by atoms with van der Waals surface area (Å²) in [5.74, 6) is 1.88. The van der Waals surface area contributed by atoms with Crippen LogP contribution in [0.2, 0.25) is 0 Å². The van der Waals surface area contributed by atoms with Gasteiger partial charge in [0.05, 0.1) is 5.69 Å². The first-order valence-electron chi connectivity index (χ1n) is 4.91. The number of rotatable bonds is 2. The molecule has 0 aromatic carbocycles. The first kappa shape index (κ1) is 10.4. The zero-order valence-electron chi connectivity index (χ0n) is 8.55. The van der Waals surface area contributed by atoms with E-state index in [9.17, 15) is 4.79 Å². The third-order valence-electron chi connectivity index (χ3n) is 2.57. The van der Waals surface area contributed by atoms with Crippen LogP contribution in [0.3, 0.4) is 0 Å². The standard InChI is InChI=1S/C10H13N3OS/c1-7-10(12-3-2-11-7)13-5-8(6-15)4-9(13)14/h2-3,8,15H,4-6H2,1H3. The average Bonchev–Trinajstić information content (AvgIpc) is 2.60. The fourth-order valence-corrected chi connectivity index (χ4v) is 2.02. The Labute approximate surface area is 94.1 Å². The maximum Gasteiger partial charge on any atom is 0.228 e. The molecule has 1 aliphatic rings. The van der Waals surface area contributed by atoms with Crippen LogP contribution in [0.25, 0.3) is 0 Å². The van der Waals surface area contributed by atoms with Crippen LogP contribution < -0.4 is 4.90 Å². The van der Waals surface area contributed by atoms with E-state index in [1.807, 2.05) is 6.92 Å². The fraction of sp³-hybridized carbons (Fsp3) is 0.500. The lowest BCUT2D eigenvalue weighted by molar-refractivity contribution is -0.117. The van der Waals surface area contributed by atoms with Crippen molar-refractivity contribution in [1.29, 1.82) is 0 Å². The van der Waals surface area contributed by atoms with Crippen molar-refractivity contribution in [1.82, 2.24) is 9.97 Å². The minimum atomic E-state index is 0.123. The van der Waals surface area contributed by atoms with Gasteiger partial charge in [0.15, 0.2) is 5.82 Å². The zero-order valence-corrected chi connectivity index (χ0v) is 9.44. The molecule has 15 heavy (non-hydrogen) atoms. The summed E-state index contributed by atoms with van der Waals surface area (Å²) in [7, 11) is 0. The quantitative estimate of drug-likeness (QED) is 0.763. The van der Waals surface area contributed by atoms with Crippen molar-refractivity contribution in [2.45, 2.75) is 13.3 Å². The van der Waals surface area contributed by atoms with E-state index in [-0.39, 0.29) is 5.91 Å². The van der Waals surface area contributed by atoms with Crippen molar-refractivity contribution in [3.05, 3.63) is 18.1 Å². The third kappa shape index (κ3) is 1.97. The highest BCUT2D eigenvalue weighted by Crippen LogP contribution is 2.25. The number of hydrogen-bond acceptors (Lipinski definition) is 4. The van der Waals surface area contributed by atoms with E-state index < -0.39 is 0 Å². The lowest BCUT2D eigenvalue weighted by Crippen LogP contribution is -2.26. The number of thiol groups is 1. The van der Waals surface area contributed by atoms with Crippen LogP contribution >= 0.6 is 12.6 Å². The minimum Gasteiger partial charge on any atom is -0.295 e. The minimum absolute atomic E-state index is 0.123. The van der Waals surface area contributed by atoms with E-state index in [2.05, 4.69) is 22.6 Å². The van der Waals surface area contributed by atoms with Gasteiger partial charge in [-0.2, -0.15) is 12.6 Å². The fourth-order valence-electron chi connectivity index (χ4n) is 1.77. The van der Waals surface area contributed by atoms with Crippen molar-refractivity contribution in [3.63, 3.8) is 0 Å². The van der Waals surface area contributed by atoms with Gasteiger partial charge in [-0.1, -0.05) is 0 Å². The Hall–Kier alpha value is -1.10. The van der Waals surface area contributed by atoms with Gasteiger partial charge < -0.3 is 0 Å². The molecule has 0 N–H and O–H groups in total. The Morgan fingerprint density at radius 3 is 2.87 bits per heavy atom. The summed E-state index contributed by atoms with van der Waals surface area (Å²) in [6, 6.07) is 0. The molecule has 0 saturated carbocycles. The molecule has 2 heterocycles. The second-order valence-corrected chi connectivity index (χ2v) is 4.09. The zero-order chi connectivity index (χ0) is 10.8. The van der Waals surface area contributed by atoms with E-state index >= 15 is 0 Å².